The maximum atomic E-state index is 12.6. The maximum Gasteiger partial charge on any atom is 0.317 e. The Morgan fingerprint density at radius 3 is 2.66 bits per heavy atom. The first-order valence-corrected chi connectivity index (χ1v) is 12.0. The third-order valence-corrected chi connectivity index (χ3v) is 7.32. The zero-order valence-electron chi connectivity index (χ0n) is 17.6. The minimum absolute atomic E-state index is 0.00187. The molecule has 0 unspecified atom stereocenters. The normalized spacial score (nSPS) is 14.7. The number of carbonyl (C=O) groups excluding carboxylic acids is 1. The van der Waals surface area contributed by atoms with Crippen LogP contribution in [0, 0.1) is 0 Å². The predicted octanol–water partition coefficient (Wildman–Crippen LogP) is 5.28. The van der Waals surface area contributed by atoms with Crippen molar-refractivity contribution in [2.75, 3.05) is 13.1 Å². The van der Waals surface area contributed by atoms with Gasteiger partial charge in [-0.2, -0.15) is 0 Å². The summed E-state index contributed by atoms with van der Waals surface area (Å²) in [6.45, 7) is 2.82. The molecule has 1 fully saturated rings. The smallest absolute Gasteiger partial charge is 0.317 e. The molecule has 0 bridgehead atoms. The molecule has 0 spiro atoms. The van der Waals surface area contributed by atoms with Crippen LogP contribution in [-0.2, 0) is 13.1 Å². The highest BCUT2D eigenvalue weighted by Crippen LogP contribution is 2.34. The summed E-state index contributed by atoms with van der Waals surface area (Å²) in [6, 6.07) is 14.2. The number of carbonyl (C=O) groups is 1. The number of rotatable bonds is 5. The van der Waals surface area contributed by atoms with Crippen molar-refractivity contribution in [2.45, 2.75) is 31.8 Å². The first-order valence-electron chi connectivity index (χ1n) is 10.8. The van der Waals surface area contributed by atoms with Crippen LogP contribution >= 0.6 is 22.9 Å². The van der Waals surface area contributed by atoms with Crippen LogP contribution in [0.25, 0.3) is 10.2 Å². The van der Waals surface area contributed by atoms with Gasteiger partial charge < -0.3 is 14.8 Å². The fourth-order valence-corrected chi connectivity index (χ4v) is 5.35. The minimum Gasteiger partial charge on any atom is -0.334 e. The number of aromatic nitrogens is 3. The van der Waals surface area contributed by atoms with Crippen LogP contribution < -0.4 is 5.32 Å². The summed E-state index contributed by atoms with van der Waals surface area (Å²) in [5, 5.41) is 4.93. The van der Waals surface area contributed by atoms with Crippen molar-refractivity contribution in [3.8, 4) is 0 Å². The summed E-state index contributed by atoms with van der Waals surface area (Å²) in [6.07, 6.45) is 7.41. The van der Waals surface area contributed by atoms with E-state index >= 15 is 0 Å². The van der Waals surface area contributed by atoms with Crippen molar-refractivity contribution in [3.63, 3.8) is 0 Å². The Kier molecular flexibility index (Phi) is 6.10. The molecule has 2 aromatic heterocycles. The Balaban J connectivity index is 1.11. The Hall–Kier alpha value is -2.90. The van der Waals surface area contributed by atoms with E-state index in [0.29, 0.717) is 17.5 Å². The van der Waals surface area contributed by atoms with Crippen LogP contribution in [0.4, 0.5) is 4.79 Å². The van der Waals surface area contributed by atoms with Crippen molar-refractivity contribution in [1.82, 2.24) is 24.8 Å². The van der Waals surface area contributed by atoms with E-state index in [9.17, 15) is 4.79 Å². The lowest BCUT2D eigenvalue weighted by Crippen LogP contribution is -2.43. The number of imidazole rings is 1. The van der Waals surface area contributed by atoms with Crippen molar-refractivity contribution in [1.29, 1.82) is 0 Å². The molecule has 32 heavy (non-hydrogen) atoms. The lowest BCUT2D eigenvalue weighted by atomic mass is 9.98. The number of likely N-dealkylation sites (tertiary alicyclic amines) is 1. The quantitative estimate of drug-likeness (QED) is 0.436. The molecule has 4 aromatic rings. The first-order chi connectivity index (χ1) is 15.6. The molecule has 2 aromatic carbocycles. The maximum absolute atomic E-state index is 12.6. The summed E-state index contributed by atoms with van der Waals surface area (Å²) < 4.78 is 3.20. The summed E-state index contributed by atoms with van der Waals surface area (Å²) in [5.41, 5.74) is 3.27. The third-order valence-electron chi connectivity index (χ3n) is 5.89. The second kappa shape index (κ2) is 9.30. The molecule has 0 aliphatic carbocycles. The molecular weight excluding hydrogens is 442 g/mol. The van der Waals surface area contributed by atoms with E-state index in [4.69, 9.17) is 16.6 Å². The van der Waals surface area contributed by atoms with Crippen molar-refractivity contribution >= 4 is 39.2 Å². The molecule has 0 saturated carbocycles. The van der Waals surface area contributed by atoms with Crippen LogP contribution in [0.5, 0.6) is 0 Å². The Morgan fingerprint density at radius 1 is 1.12 bits per heavy atom. The van der Waals surface area contributed by atoms with Gasteiger partial charge in [0.15, 0.2) is 0 Å². The highest BCUT2D eigenvalue weighted by molar-refractivity contribution is 7.18. The molecule has 0 atom stereocenters. The molecule has 164 valence electrons. The van der Waals surface area contributed by atoms with E-state index < -0.39 is 0 Å². The van der Waals surface area contributed by atoms with Crippen LogP contribution in [-0.4, -0.2) is 38.6 Å². The Bertz CT molecular complexity index is 1200. The molecule has 5 rings (SSSR count). The summed E-state index contributed by atoms with van der Waals surface area (Å²) in [7, 11) is 0. The van der Waals surface area contributed by atoms with Gasteiger partial charge in [-0.1, -0.05) is 35.9 Å². The third kappa shape index (κ3) is 4.79. The van der Waals surface area contributed by atoms with Gasteiger partial charge in [0.1, 0.15) is 0 Å². The number of nitrogens with one attached hydrogen (secondary N) is 1. The van der Waals surface area contributed by atoms with Gasteiger partial charge in [0.2, 0.25) is 0 Å². The van der Waals surface area contributed by atoms with Gasteiger partial charge in [-0.25, -0.2) is 14.8 Å². The summed E-state index contributed by atoms with van der Waals surface area (Å²) in [4.78, 5) is 23.4. The van der Waals surface area contributed by atoms with Gasteiger partial charge in [-0.05, 0) is 42.2 Å². The molecule has 6 nitrogen and oxygen atoms in total. The second-order valence-corrected chi connectivity index (χ2v) is 9.63. The lowest BCUT2D eigenvalue weighted by molar-refractivity contribution is 0.181. The standard InChI is InChI=1S/C24H24ClN5OS/c25-20-5-6-22-21(13-20)28-23(32-22)19-7-10-30(11-8-19)24(31)27-14-17-1-3-18(4-2-17)15-29-12-9-26-16-29/h1-6,9,12-13,16,19H,7-8,10-11,14-15H2,(H,27,31). The van der Waals surface area contributed by atoms with E-state index in [1.54, 1.807) is 17.5 Å². The molecule has 0 radical (unpaired) electrons. The molecule has 8 heteroatoms. The molecule has 1 saturated heterocycles. The number of piperidine rings is 1. The first kappa shape index (κ1) is 21.0. The second-order valence-electron chi connectivity index (χ2n) is 8.14. The molecule has 1 aliphatic rings. The van der Waals surface area contributed by atoms with Gasteiger partial charge >= 0.3 is 6.03 Å². The number of thiazole rings is 1. The number of hydrogen-bond acceptors (Lipinski definition) is 4. The van der Waals surface area contributed by atoms with Crippen LogP contribution in [0.1, 0.15) is 34.9 Å². The molecule has 1 aliphatic heterocycles. The fourth-order valence-electron chi connectivity index (χ4n) is 4.07. The SMILES string of the molecule is O=C(NCc1ccc(Cn2ccnc2)cc1)N1CCC(c2nc3cc(Cl)ccc3s2)CC1. The largest absolute Gasteiger partial charge is 0.334 e. The summed E-state index contributed by atoms with van der Waals surface area (Å²) >= 11 is 7.83. The van der Waals surface area contributed by atoms with Gasteiger partial charge in [0, 0.05) is 49.5 Å². The van der Waals surface area contributed by atoms with Crippen molar-refractivity contribution < 1.29 is 4.79 Å². The van der Waals surface area contributed by atoms with E-state index in [1.807, 2.05) is 40.2 Å². The number of halogens is 1. The van der Waals surface area contributed by atoms with E-state index in [1.165, 1.54) is 10.3 Å². The Labute approximate surface area is 195 Å². The van der Waals surface area contributed by atoms with Crippen LogP contribution in [0.15, 0.2) is 61.2 Å². The van der Waals surface area contributed by atoms with Gasteiger partial charge in [-0.3, -0.25) is 0 Å². The number of urea groups is 1. The molecule has 1 N–H and O–H groups in total. The van der Waals surface area contributed by atoms with Crippen LogP contribution in [0.2, 0.25) is 5.02 Å². The molecular formula is C24H24ClN5OS. The molecule has 2 amide bonds. The molecule has 3 heterocycles. The average molecular weight is 466 g/mol. The number of amides is 2. The Morgan fingerprint density at radius 2 is 1.91 bits per heavy atom. The van der Waals surface area contributed by atoms with E-state index in [2.05, 4.69) is 34.6 Å². The fraction of sp³-hybridized carbons (Fsp3) is 0.292. The lowest BCUT2D eigenvalue weighted by Gasteiger charge is -2.31. The topological polar surface area (TPSA) is 63.1 Å². The zero-order chi connectivity index (χ0) is 21.9. The highest BCUT2D eigenvalue weighted by atomic mass is 35.5. The highest BCUT2D eigenvalue weighted by Gasteiger charge is 2.25. The van der Waals surface area contributed by atoms with E-state index in [0.717, 1.165) is 48.6 Å². The van der Waals surface area contributed by atoms with Gasteiger partial charge in [-0.15, -0.1) is 11.3 Å². The van der Waals surface area contributed by atoms with Crippen molar-refractivity contribution in [2.24, 2.45) is 0 Å². The minimum atomic E-state index is 0.00187. The number of hydrogen-bond donors (Lipinski definition) is 1. The van der Waals surface area contributed by atoms with Gasteiger partial charge in [0.05, 0.1) is 21.6 Å². The van der Waals surface area contributed by atoms with Crippen molar-refractivity contribution in [3.05, 3.63) is 82.3 Å². The average Bonchev–Trinajstić information content (AvgIpc) is 3.48. The van der Waals surface area contributed by atoms with E-state index in [-0.39, 0.29) is 6.03 Å². The zero-order valence-corrected chi connectivity index (χ0v) is 19.1. The predicted molar refractivity (Wildman–Crippen MR) is 128 cm³/mol. The van der Waals surface area contributed by atoms with Gasteiger partial charge in [0.25, 0.3) is 0 Å². The number of benzene rings is 2. The monoisotopic (exact) mass is 465 g/mol. The summed E-state index contributed by atoms with van der Waals surface area (Å²) in [5.74, 6) is 0.401. The van der Waals surface area contributed by atoms with Crippen LogP contribution in [0.3, 0.4) is 0 Å². The number of nitrogens with zero attached hydrogens (tertiary/aromatic N) is 4. The number of fused-ring (bicyclic) bond motifs is 1.